The van der Waals surface area contributed by atoms with Gasteiger partial charge < -0.3 is 16.0 Å². The molecule has 3 heteroatoms. The maximum atomic E-state index is 5.93. The number of hydrogen-bond donors (Lipinski definition) is 2. The molecule has 0 amide bonds. The normalized spacial score (nSPS) is 19.4. The number of nitrogens with two attached hydrogens (primary N) is 1. The standard InChI is InChI=1S/C18H35N3/c1-3-4-5-6-7-8-9-10-11-12-13-14-18-20-15-16-21(18)17(2)19/h11-12,15-18,20H,3-10,13-14,19H2,1-2H3/b12-11+. The molecule has 0 spiro atoms. The van der Waals surface area contributed by atoms with Crippen molar-refractivity contribution >= 4 is 0 Å². The Bertz CT molecular complexity index is 297. The molecule has 0 bridgehead atoms. The SMILES string of the molecule is CCCCCCCCC/C=C/CCC1NC=CN1C(C)N. The molecule has 0 radical (unpaired) electrons. The van der Waals surface area contributed by atoms with Crippen molar-refractivity contribution in [2.75, 3.05) is 0 Å². The lowest BCUT2D eigenvalue weighted by Gasteiger charge is -2.28. The Balaban J connectivity index is 1.93. The zero-order valence-electron chi connectivity index (χ0n) is 14.1. The second-order valence-corrected chi connectivity index (χ2v) is 6.14. The van der Waals surface area contributed by atoms with Crippen LogP contribution in [0.4, 0.5) is 0 Å². The summed E-state index contributed by atoms with van der Waals surface area (Å²) in [6.45, 7) is 4.30. The highest BCUT2D eigenvalue weighted by Crippen LogP contribution is 2.13. The molecule has 1 heterocycles. The summed E-state index contributed by atoms with van der Waals surface area (Å²) in [5.41, 5.74) is 5.93. The van der Waals surface area contributed by atoms with E-state index < -0.39 is 0 Å². The third kappa shape index (κ3) is 8.15. The van der Waals surface area contributed by atoms with Crippen molar-refractivity contribution in [3.05, 3.63) is 24.6 Å². The fraction of sp³-hybridized carbons (Fsp3) is 0.778. The summed E-state index contributed by atoms with van der Waals surface area (Å²) in [5, 5.41) is 3.36. The molecular formula is C18H35N3. The molecule has 1 aliphatic rings. The second kappa shape index (κ2) is 11.7. The van der Waals surface area contributed by atoms with Crippen LogP contribution in [0.15, 0.2) is 24.6 Å². The van der Waals surface area contributed by atoms with E-state index in [2.05, 4.69) is 35.5 Å². The van der Waals surface area contributed by atoms with Crippen molar-refractivity contribution in [1.29, 1.82) is 0 Å². The van der Waals surface area contributed by atoms with Gasteiger partial charge in [-0.1, -0.05) is 57.6 Å². The number of hydrogen-bond acceptors (Lipinski definition) is 3. The molecule has 122 valence electrons. The van der Waals surface area contributed by atoms with Gasteiger partial charge in [0.2, 0.25) is 0 Å². The van der Waals surface area contributed by atoms with E-state index in [1.54, 1.807) is 0 Å². The first-order valence-corrected chi connectivity index (χ1v) is 8.86. The smallest absolute Gasteiger partial charge is 0.0998 e. The Kier molecular flexibility index (Phi) is 10.1. The Morgan fingerprint density at radius 2 is 1.76 bits per heavy atom. The zero-order chi connectivity index (χ0) is 15.3. The van der Waals surface area contributed by atoms with Crippen LogP contribution in [-0.4, -0.2) is 17.2 Å². The molecule has 0 fully saturated rings. The van der Waals surface area contributed by atoms with E-state index in [9.17, 15) is 0 Å². The topological polar surface area (TPSA) is 41.3 Å². The number of allylic oxidation sites excluding steroid dienone is 2. The molecule has 0 aliphatic carbocycles. The molecule has 3 nitrogen and oxygen atoms in total. The highest BCUT2D eigenvalue weighted by atomic mass is 15.3. The Labute approximate surface area is 131 Å². The maximum absolute atomic E-state index is 5.93. The molecule has 0 aromatic rings. The molecular weight excluding hydrogens is 258 g/mol. The third-order valence-electron chi connectivity index (χ3n) is 4.11. The number of unbranched alkanes of at least 4 members (excludes halogenated alkanes) is 7. The molecule has 0 aromatic carbocycles. The molecule has 2 unspecified atom stereocenters. The van der Waals surface area contributed by atoms with Gasteiger partial charge in [-0.05, 0) is 32.6 Å². The van der Waals surface area contributed by atoms with Crippen molar-refractivity contribution in [2.24, 2.45) is 5.73 Å². The van der Waals surface area contributed by atoms with Crippen molar-refractivity contribution in [3.63, 3.8) is 0 Å². The van der Waals surface area contributed by atoms with Crippen molar-refractivity contribution in [3.8, 4) is 0 Å². The van der Waals surface area contributed by atoms with Crippen LogP contribution < -0.4 is 11.1 Å². The first-order valence-electron chi connectivity index (χ1n) is 8.86. The molecule has 0 aromatic heterocycles. The van der Waals surface area contributed by atoms with E-state index >= 15 is 0 Å². The highest BCUT2D eigenvalue weighted by Gasteiger charge is 2.19. The van der Waals surface area contributed by atoms with Gasteiger partial charge in [-0.3, -0.25) is 0 Å². The van der Waals surface area contributed by atoms with Crippen LogP contribution in [0.1, 0.15) is 78.1 Å². The zero-order valence-corrected chi connectivity index (χ0v) is 14.1. The van der Waals surface area contributed by atoms with Crippen LogP contribution in [0.3, 0.4) is 0 Å². The van der Waals surface area contributed by atoms with Gasteiger partial charge in [0, 0.05) is 12.4 Å². The first kappa shape index (κ1) is 18.1. The highest BCUT2D eigenvalue weighted by molar-refractivity contribution is 4.96. The molecule has 1 rings (SSSR count). The van der Waals surface area contributed by atoms with E-state index in [1.807, 2.05) is 13.1 Å². The molecule has 1 aliphatic heterocycles. The minimum Gasteiger partial charge on any atom is -0.370 e. The van der Waals surface area contributed by atoms with Gasteiger partial charge in [-0.2, -0.15) is 0 Å². The van der Waals surface area contributed by atoms with Crippen molar-refractivity contribution < 1.29 is 0 Å². The lowest BCUT2D eigenvalue weighted by Crippen LogP contribution is -2.44. The van der Waals surface area contributed by atoms with Crippen LogP contribution in [0, 0.1) is 0 Å². The van der Waals surface area contributed by atoms with Gasteiger partial charge in [0.25, 0.3) is 0 Å². The molecule has 0 saturated heterocycles. The minimum absolute atomic E-state index is 0.0814. The van der Waals surface area contributed by atoms with Gasteiger partial charge in [-0.25, -0.2) is 0 Å². The average Bonchev–Trinajstić information content (AvgIpc) is 2.93. The summed E-state index contributed by atoms with van der Waals surface area (Å²) in [6, 6.07) is 0. The van der Waals surface area contributed by atoms with E-state index in [-0.39, 0.29) is 6.17 Å². The second-order valence-electron chi connectivity index (χ2n) is 6.14. The van der Waals surface area contributed by atoms with E-state index in [4.69, 9.17) is 5.73 Å². The summed E-state index contributed by atoms with van der Waals surface area (Å²) in [4.78, 5) is 2.18. The first-order chi connectivity index (χ1) is 10.3. The summed E-state index contributed by atoms with van der Waals surface area (Å²) in [7, 11) is 0. The Morgan fingerprint density at radius 1 is 1.10 bits per heavy atom. The predicted octanol–water partition coefficient (Wildman–Crippen LogP) is 4.47. The summed E-state index contributed by atoms with van der Waals surface area (Å²) >= 11 is 0. The summed E-state index contributed by atoms with van der Waals surface area (Å²) in [5.74, 6) is 0. The number of nitrogens with zero attached hydrogens (tertiary/aromatic N) is 1. The van der Waals surface area contributed by atoms with Crippen LogP contribution in [0.2, 0.25) is 0 Å². The predicted molar refractivity (Wildman–Crippen MR) is 92.5 cm³/mol. The lowest BCUT2D eigenvalue weighted by atomic mass is 10.1. The quantitative estimate of drug-likeness (QED) is 0.412. The van der Waals surface area contributed by atoms with E-state index in [0.29, 0.717) is 6.17 Å². The lowest BCUT2D eigenvalue weighted by molar-refractivity contribution is 0.213. The fourth-order valence-electron chi connectivity index (χ4n) is 2.79. The van der Waals surface area contributed by atoms with Gasteiger partial charge >= 0.3 is 0 Å². The fourth-order valence-corrected chi connectivity index (χ4v) is 2.79. The van der Waals surface area contributed by atoms with Gasteiger partial charge in [0.1, 0.15) is 0 Å². The largest absolute Gasteiger partial charge is 0.370 e. The van der Waals surface area contributed by atoms with Crippen molar-refractivity contribution in [1.82, 2.24) is 10.2 Å². The summed E-state index contributed by atoms with van der Waals surface area (Å²) in [6.07, 6.45) is 22.4. The maximum Gasteiger partial charge on any atom is 0.0998 e. The monoisotopic (exact) mass is 293 g/mol. The minimum atomic E-state index is 0.0814. The number of nitrogens with one attached hydrogen (secondary N) is 1. The van der Waals surface area contributed by atoms with Crippen molar-refractivity contribution in [2.45, 2.75) is 90.4 Å². The summed E-state index contributed by atoms with van der Waals surface area (Å²) < 4.78 is 0. The van der Waals surface area contributed by atoms with E-state index in [1.165, 1.54) is 51.4 Å². The average molecular weight is 293 g/mol. The van der Waals surface area contributed by atoms with Crippen LogP contribution in [-0.2, 0) is 0 Å². The number of rotatable bonds is 12. The Hall–Kier alpha value is -0.960. The van der Waals surface area contributed by atoms with Gasteiger partial charge in [0.05, 0.1) is 12.3 Å². The molecule has 3 N–H and O–H groups in total. The van der Waals surface area contributed by atoms with Gasteiger partial charge in [0.15, 0.2) is 0 Å². The van der Waals surface area contributed by atoms with Crippen LogP contribution in [0.25, 0.3) is 0 Å². The van der Waals surface area contributed by atoms with E-state index in [0.717, 1.165) is 12.8 Å². The van der Waals surface area contributed by atoms with Crippen LogP contribution >= 0.6 is 0 Å². The molecule has 21 heavy (non-hydrogen) atoms. The Morgan fingerprint density at radius 3 is 2.48 bits per heavy atom. The van der Waals surface area contributed by atoms with Gasteiger partial charge in [-0.15, -0.1) is 0 Å². The molecule has 2 atom stereocenters. The molecule has 0 saturated carbocycles. The third-order valence-corrected chi connectivity index (χ3v) is 4.11. The van der Waals surface area contributed by atoms with Crippen LogP contribution in [0.5, 0.6) is 0 Å².